The molecule has 0 radical (unpaired) electrons. The quantitative estimate of drug-likeness (QED) is 0.466. The lowest BCUT2D eigenvalue weighted by Gasteiger charge is -2.19. The van der Waals surface area contributed by atoms with Gasteiger partial charge in [0.25, 0.3) is 0 Å². The second-order valence-electron chi connectivity index (χ2n) is 8.02. The predicted octanol–water partition coefficient (Wildman–Crippen LogP) is 4.41. The molecule has 4 rings (SSSR count). The van der Waals surface area contributed by atoms with Gasteiger partial charge in [0.2, 0.25) is 5.91 Å². The summed E-state index contributed by atoms with van der Waals surface area (Å²) in [7, 11) is 1.90. The highest BCUT2D eigenvalue weighted by Crippen LogP contribution is 2.33. The number of hydrogen-bond donors (Lipinski definition) is 0. The molecule has 0 aliphatic heterocycles. The summed E-state index contributed by atoms with van der Waals surface area (Å²) in [5.74, 6) is 1.92. The molecule has 1 aromatic carbocycles. The fourth-order valence-electron chi connectivity index (χ4n) is 3.78. The lowest BCUT2D eigenvalue weighted by molar-refractivity contribution is -0.127. The van der Waals surface area contributed by atoms with Crippen molar-refractivity contribution in [2.24, 2.45) is 5.92 Å². The summed E-state index contributed by atoms with van der Waals surface area (Å²) < 4.78 is 2.12. The van der Waals surface area contributed by atoms with Gasteiger partial charge in [0.1, 0.15) is 0 Å². The number of aromatic nitrogens is 4. The number of carbonyl (C=O) groups excluding carboxylic acids is 1. The number of benzene rings is 1. The summed E-state index contributed by atoms with van der Waals surface area (Å²) in [6, 6.07) is 10.3. The molecular weight excluding hydrogens is 406 g/mol. The third-order valence-corrected chi connectivity index (χ3v) is 6.63. The molecule has 1 aliphatic rings. The van der Waals surface area contributed by atoms with Gasteiger partial charge in [-0.1, -0.05) is 43.8 Å². The van der Waals surface area contributed by atoms with E-state index in [-0.39, 0.29) is 5.91 Å². The first kappa shape index (κ1) is 21.6. The maximum absolute atomic E-state index is 12.7. The molecule has 1 aliphatic carbocycles. The van der Waals surface area contributed by atoms with Crippen molar-refractivity contribution >= 4 is 17.7 Å². The third kappa shape index (κ3) is 4.82. The zero-order valence-corrected chi connectivity index (χ0v) is 19.2. The van der Waals surface area contributed by atoms with Crippen LogP contribution in [0.4, 0.5) is 0 Å². The minimum atomic E-state index is 0.133. The summed E-state index contributed by atoms with van der Waals surface area (Å²) in [6.07, 6.45) is 7.85. The summed E-state index contributed by atoms with van der Waals surface area (Å²) in [6.45, 7) is 5.18. The number of nitrogens with zero attached hydrogens (tertiary/aromatic N) is 5. The predicted molar refractivity (Wildman–Crippen MR) is 124 cm³/mol. The average molecular weight is 436 g/mol. The van der Waals surface area contributed by atoms with Crippen molar-refractivity contribution in [2.45, 2.75) is 44.7 Å². The Morgan fingerprint density at radius 2 is 1.87 bits per heavy atom. The van der Waals surface area contributed by atoms with E-state index in [0.29, 0.717) is 11.7 Å². The van der Waals surface area contributed by atoms with Gasteiger partial charge in [0.05, 0.1) is 11.4 Å². The van der Waals surface area contributed by atoms with E-state index in [0.717, 1.165) is 41.6 Å². The highest BCUT2D eigenvalue weighted by atomic mass is 32.2. The minimum absolute atomic E-state index is 0.133. The van der Waals surface area contributed by atoms with Crippen molar-refractivity contribution in [3.05, 3.63) is 53.9 Å². The summed E-state index contributed by atoms with van der Waals surface area (Å²) >= 11 is 1.46. The number of carbonyl (C=O) groups is 1. The Kier molecular flexibility index (Phi) is 6.70. The molecule has 6 nitrogen and oxygen atoms in total. The van der Waals surface area contributed by atoms with Crippen molar-refractivity contribution in [1.29, 1.82) is 0 Å². The Morgan fingerprint density at radius 3 is 2.48 bits per heavy atom. The Balaban J connectivity index is 1.72. The normalized spacial score (nSPS) is 13.4. The van der Waals surface area contributed by atoms with Crippen LogP contribution in [-0.4, -0.2) is 49.9 Å². The van der Waals surface area contributed by atoms with E-state index >= 15 is 0 Å². The van der Waals surface area contributed by atoms with Crippen molar-refractivity contribution in [3.8, 4) is 17.1 Å². The maximum Gasteiger partial charge on any atom is 0.232 e. The van der Waals surface area contributed by atoms with Crippen LogP contribution >= 0.6 is 11.8 Å². The van der Waals surface area contributed by atoms with Gasteiger partial charge in [0.15, 0.2) is 11.0 Å². The molecule has 7 heteroatoms. The number of aryl methyl sites for hydroxylation is 2. The van der Waals surface area contributed by atoms with Crippen LogP contribution in [0.2, 0.25) is 0 Å². The monoisotopic (exact) mass is 435 g/mol. The Hall–Kier alpha value is -2.67. The number of thioether (sulfide) groups is 1. The van der Waals surface area contributed by atoms with Crippen LogP contribution in [-0.2, 0) is 17.6 Å². The number of amides is 1. The SMILES string of the molecule is CCc1cccc(CC)c1-n1c(SCC(=O)N(C)CC2CC2)nnc1-c1cccnc1. The molecule has 3 aromatic rings. The standard InChI is InChI=1S/C24H29N5OS/c1-4-18-8-6-9-19(5-2)22(18)29-23(20-10-7-13-25-14-20)26-27-24(29)31-16-21(30)28(3)15-17-11-12-17/h6-10,13-14,17H,4-5,11-12,15-16H2,1-3H3. The number of para-hydroxylation sites is 1. The Morgan fingerprint density at radius 1 is 1.13 bits per heavy atom. The number of hydrogen-bond acceptors (Lipinski definition) is 5. The van der Waals surface area contributed by atoms with E-state index < -0.39 is 0 Å². The molecule has 0 saturated heterocycles. The zero-order valence-electron chi connectivity index (χ0n) is 18.4. The van der Waals surface area contributed by atoms with Gasteiger partial charge in [-0.25, -0.2) is 0 Å². The molecule has 31 heavy (non-hydrogen) atoms. The van der Waals surface area contributed by atoms with Crippen LogP contribution < -0.4 is 0 Å². The van der Waals surface area contributed by atoms with Crippen LogP contribution in [0.15, 0.2) is 47.9 Å². The van der Waals surface area contributed by atoms with Crippen molar-refractivity contribution in [2.75, 3.05) is 19.3 Å². The Labute approximate surface area is 188 Å². The smallest absolute Gasteiger partial charge is 0.232 e. The van der Waals surface area contributed by atoms with Crippen molar-refractivity contribution in [3.63, 3.8) is 0 Å². The zero-order chi connectivity index (χ0) is 21.8. The van der Waals surface area contributed by atoms with E-state index in [2.05, 4.69) is 51.8 Å². The van der Waals surface area contributed by atoms with Gasteiger partial charge >= 0.3 is 0 Å². The lowest BCUT2D eigenvalue weighted by Crippen LogP contribution is -2.30. The topological polar surface area (TPSA) is 63.9 Å². The molecule has 162 valence electrons. The van der Waals surface area contributed by atoms with Crippen molar-refractivity contribution in [1.82, 2.24) is 24.6 Å². The number of rotatable bonds is 9. The van der Waals surface area contributed by atoms with Crippen LogP contribution in [0.3, 0.4) is 0 Å². The molecule has 1 saturated carbocycles. The molecule has 0 spiro atoms. The van der Waals surface area contributed by atoms with E-state index in [1.807, 2.05) is 30.3 Å². The summed E-state index contributed by atoms with van der Waals surface area (Å²) in [5.41, 5.74) is 4.51. The average Bonchev–Trinajstić information content (AvgIpc) is 3.53. The molecule has 0 unspecified atom stereocenters. The van der Waals surface area contributed by atoms with E-state index in [1.165, 1.54) is 35.7 Å². The minimum Gasteiger partial charge on any atom is -0.345 e. The first-order chi connectivity index (χ1) is 15.1. The summed E-state index contributed by atoms with van der Waals surface area (Å²) in [5, 5.41) is 9.76. The van der Waals surface area contributed by atoms with Crippen LogP contribution in [0.25, 0.3) is 17.1 Å². The molecular formula is C24H29N5OS. The van der Waals surface area contributed by atoms with Gasteiger partial charge in [-0.3, -0.25) is 14.3 Å². The highest BCUT2D eigenvalue weighted by Gasteiger charge is 2.26. The molecule has 2 heterocycles. The van der Waals surface area contributed by atoms with Gasteiger partial charge in [0, 0.05) is 31.5 Å². The highest BCUT2D eigenvalue weighted by molar-refractivity contribution is 7.99. The van der Waals surface area contributed by atoms with Gasteiger partial charge in [-0.15, -0.1) is 10.2 Å². The molecule has 0 N–H and O–H groups in total. The molecule has 1 fully saturated rings. The fourth-order valence-corrected chi connectivity index (χ4v) is 4.65. The van der Waals surface area contributed by atoms with Gasteiger partial charge in [-0.05, 0) is 54.9 Å². The van der Waals surface area contributed by atoms with E-state index in [4.69, 9.17) is 0 Å². The maximum atomic E-state index is 12.7. The lowest BCUT2D eigenvalue weighted by atomic mass is 10.0. The van der Waals surface area contributed by atoms with Gasteiger partial charge in [-0.2, -0.15) is 0 Å². The van der Waals surface area contributed by atoms with Crippen LogP contribution in [0.1, 0.15) is 37.8 Å². The summed E-state index contributed by atoms with van der Waals surface area (Å²) in [4.78, 5) is 18.8. The largest absolute Gasteiger partial charge is 0.345 e. The molecule has 0 bridgehead atoms. The molecule has 2 aromatic heterocycles. The first-order valence-corrected chi connectivity index (χ1v) is 11.9. The van der Waals surface area contributed by atoms with Crippen molar-refractivity contribution < 1.29 is 4.79 Å². The third-order valence-electron chi connectivity index (χ3n) is 5.72. The first-order valence-electron chi connectivity index (χ1n) is 11.0. The fraction of sp³-hybridized carbons (Fsp3) is 0.417. The van der Waals surface area contributed by atoms with E-state index in [1.54, 1.807) is 6.20 Å². The Bertz CT molecular complexity index is 1020. The van der Waals surface area contributed by atoms with Gasteiger partial charge < -0.3 is 4.90 Å². The van der Waals surface area contributed by atoms with E-state index in [9.17, 15) is 4.79 Å². The number of pyridine rings is 1. The van der Waals surface area contributed by atoms with Crippen LogP contribution in [0.5, 0.6) is 0 Å². The second-order valence-corrected chi connectivity index (χ2v) is 8.96. The van der Waals surface area contributed by atoms with Crippen LogP contribution in [0, 0.1) is 5.92 Å². The second kappa shape index (κ2) is 9.64. The molecule has 0 atom stereocenters. The molecule has 1 amide bonds.